The molecule has 4 rings (SSSR count). The van der Waals surface area contributed by atoms with Gasteiger partial charge < -0.3 is 10.1 Å². The Bertz CT molecular complexity index is 921. The highest BCUT2D eigenvalue weighted by Crippen LogP contribution is 2.38. The van der Waals surface area contributed by atoms with Gasteiger partial charge in [-0.2, -0.15) is 4.52 Å². The fourth-order valence-electron chi connectivity index (χ4n) is 2.60. The Kier molecular flexibility index (Phi) is 4.63. The lowest BCUT2D eigenvalue weighted by Gasteiger charge is -2.11. The minimum Gasteiger partial charge on any atom is -0.476 e. The molecule has 0 aromatic carbocycles. The van der Waals surface area contributed by atoms with Crippen LogP contribution < -0.4 is 10.1 Å². The lowest BCUT2D eigenvalue weighted by molar-refractivity contribution is 0.261. The number of rotatable bonds is 7. The van der Waals surface area contributed by atoms with Crippen molar-refractivity contribution in [2.45, 2.75) is 39.2 Å². The highest BCUT2D eigenvalue weighted by Gasteiger charge is 2.29. The number of fused-ring (bicyclic) bond motifs is 1. The number of aromatic nitrogens is 5. The van der Waals surface area contributed by atoms with Crippen molar-refractivity contribution in [2.24, 2.45) is 5.92 Å². The van der Waals surface area contributed by atoms with E-state index in [9.17, 15) is 0 Å². The zero-order valence-electron chi connectivity index (χ0n) is 14.8. The summed E-state index contributed by atoms with van der Waals surface area (Å²) < 4.78 is 7.43. The smallest absolute Gasteiger partial charge is 0.232 e. The maximum Gasteiger partial charge on any atom is 0.232 e. The topological polar surface area (TPSA) is 77.2 Å². The van der Waals surface area contributed by atoms with Crippen molar-refractivity contribution in [3.05, 3.63) is 40.8 Å². The third-order valence-electron chi connectivity index (χ3n) is 4.12. The van der Waals surface area contributed by atoms with Crippen LogP contribution in [0.1, 0.15) is 44.0 Å². The molecular formula is C18H21ClN6O. The van der Waals surface area contributed by atoms with Gasteiger partial charge in [0.05, 0.1) is 6.61 Å². The molecule has 3 heterocycles. The van der Waals surface area contributed by atoms with Gasteiger partial charge in [0.1, 0.15) is 10.8 Å². The van der Waals surface area contributed by atoms with E-state index in [-0.39, 0.29) is 0 Å². The number of hydrogen-bond acceptors (Lipinski definition) is 6. The van der Waals surface area contributed by atoms with Crippen LogP contribution in [0.15, 0.2) is 24.4 Å². The second kappa shape index (κ2) is 7.07. The van der Waals surface area contributed by atoms with Gasteiger partial charge in [-0.05, 0) is 42.5 Å². The lowest BCUT2D eigenvalue weighted by Crippen LogP contribution is -2.08. The predicted octanol–water partition coefficient (Wildman–Crippen LogP) is 3.70. The van der Waals surface area contributed by atoms with Crippen LogP contribution in [-0.2, 0) is 6.54 Å². The summed E-state index contributed by atoms with van der Waals surface area (Å²) in [6.45, 7) is 5.33. The maximum absolute atomic E-state index is 6.27. The van der Waals surface area contributed by atoms with Crippen molar-refractivity contribution in [3.63, 3.8) is 0 Å². The van der Waals surface area contributed by atoms with E-state index < -0.39 is 0 Å². The van der Waals surface area contributed by atoms with Crippen LogP contribution in [0, 0.1) is 5.92 Å². The molecule has 3 aromatic rings. The van der Waals surface area contributed by atoms with Crippen molar-refractivity contribution in [1.29, 1.82) is 0 Å². The number of hydrogen-bond donors (Lipinski definition) is 1. The summed E-state index contributed by atoms with van der Waals surface area (Å²) in [6, 6.07) is 5.68. The molecule has 1 saturated carbocycles. The number of nitrogens with zero attached hydrogens (tertiary/aromatic N) is 5. The van der Waals surface area contributed by atoms with Gasteiger partial charge in [-0.3, -0.25) is 0 Å². The van der Waals surface area contributed by atoms with Gasteiger partial charge in [-0.15, -0.1) is 15.3 Å². The fourth-order valence-corrected chi connectivity index (χ4v) is 2.85. The minimum absolute atomic E-state index is 0.424. The van der Waals surface area contributed by atoms with Crippen molar-refractivity contribution >= 4 is 23.1 Å². The number of ether oxygens (including phenoxy) is 1. The average Bonchev–Trinajstić information content (AvgIpc) is 3.38. The van der Waals surface area contributed by atoms with E-state index in [0.29, 0.717) is 35.9 Å². The zero-order valence-corrected chi connectivity index (χ0v) is 15.6. The Hall–Kier alpha value is -2.41. The zero-order chi connectivity index (χ0) is 18.1. The van der Waals surface area contributed by atoms with E-state index in [1.54, 1.807) is 6.20 Å². The molecule has 3 aromatic heterocycles. The van der Waals surface area contributed by atoms with Crippen molar-refractivity contribution in [1.82, 2.24) is 24.8 Å². The van der Waals surface area contributed by atoms with Crippen LogP contribution in [0.3, 0.4) is 0 Å². The number of halogens is 1. The number of anilines is 1. The maximum atomic E-state index is 6.27. The Morgan fingerprint density at radius 3 is 2.88 bits per heavy atom. The van der Waals surface area contributed by atoms with Crippen LogP contribution in [0.5, 0.6) is 5.88 Å². The van der Waals surface area contributed by atoms with Crippen LogP contribution in [0.2, 0.25) is 5.02 Å². The van der Waals surface area contributed by atoms with Crippen molar-refractivity contribution in [2.75, 3.05) is 11.9 Å². The summed E-state index contributed by atoms with van der Waals surface area (Å²) in [7, 11) is 0. The molecule has 136 valence electrons. The van der Waals surface area contributed by atoms with Gasteiger partial charge in [0.15, 0.2) is 11.5 Å². The van der Waals surface area contributed by atoms with E-state index in [1.807, 2.05) is 22.7 Å². The monoisotopic (exact) mass is 372 g/mol. The first kappa shape index (κ1) is 17.0. The Labute approximate surface area is 156 Å². The molecule has 26 heavy (non-hydrogen) atoms. The Morgan fingerprint density at radius 2 is 2.15 bits per heavy atom. The predicted molar refractivity (Wildman–Crippen MR) is 99.7 cm³/mol. The molecule has 0 bridgehead atoms. The Morgan fingerprint density at radius 1 is 1.31 bits per heavy atom. The van der Waals surface area contributed by atoms with Gasteiger partial charge in [0.25, 0.3) is 0 Å². The quantitative estimate of drug-likeness (QED) is 0.681. The SMILES string of the molecule is CC(C)COc1ncc(CNc2ccc3nnc(C4CC4)n3n2)cc1Cl. The first-order valence-electron chi connectivity index (χ1n) is 8.83. The van der Waals surface area contributed by atoms with Gasteiger partial charge in [-0.25, -0.2) is 4.98 Å². The second-order valence-electron chi connectivity index (χ2n) is 7.01. The highest BCUT2D eigenvalue weighted by molar-refractivity contribution is 6.31. The third-order valence-corrected chi connectivity index (χ3v) is 4.39. The van der Waals surface area contributed by atoms with E-state index in [0.717, 1.165) is 35.7 Å². The average molecular weight is 373 g/mol. The van der Waals surface area contributed by atoms with Gasteiger partial charge in [0, 0.05) is 18.7 Å². The Balaban J connectivity index is 1.44. The van der Waals surface area contributed by atoms with E-state index in [1.165, 1.54) is 0 Å². The summed E-state index contributed by atoms with van der Waals surface area (Å²) in [4.78, 5) is 4.31. The second-order valence-corrected chi connectivity index (χ2v) is 7.42. The van der Waals surface area contributed by atoms with Crippen molar-refractivity contribution < 1.29 is 4.74 Å². The van der Waals surface area contributed by atoms with E-state index in [2.05, 4.69) is 39.4 Å². The summed E-state index contributed by atoms with van der Waals surface area (Å²) in [5.74, 6) is 3.10. The summed E-state index contributed by atoms with van der Waals surface area (Å²) >= 11 is 6.27. The minimum atomic E-state index is 0.424. The van der Waals surface area contributed by atoms with E-state index >= 15 is 0 Å². The summed E-state index contributed by atoms with van der Waals surface area (Å²) in [5, 5.41) is 16.8. The normalized spacial score (nSPS) is 14.2. The molecule has 8 heteroatoms. The van der Waals surface area contributed by atoms with Gasteiger partial charge in [0.2, 0.25) is 5.88 Å². The van der Waals surface area contributed by atoms with Crippen LogP contribution in [-0.4, -0.2) is 31.4 Å². The van der Waals surface area contributed by atoms with Crippen molar-refractivity contribution in [3.8, 4) is 5.88 Å². The third kappa shape index (κ3) is 3.72. The molecule has 0 spiro atoms. The lowest BCUT2D eigenvalue weighted by atomic mass is 10.2. The molecule has 0 amide bonds. The van der Waals surface area contributed by atoms with Crippen LogP contribution >= 0.6 is 11.6 Å². The van der Waals surface area contributed by atoms with Crippen LogP contribution in [0.25, 0.3) is 5.65 Å². The molecular weight excluding hydrogens is 352 g/mol. The molecule has 7 nitrogen and oxygen atoms in total. The van der Waals surface area contributed by atoms with Crippen LogP contribution in [0.4, 0.5) is 5.82 Å². The molecule has 0 aliphatic heterocycles. The molecule has 0 saturated heterocycles. The molecule has 1 aliphatic carbocycles. The summed E-state index contributed by atoms with van der Waals surface area (Å²) in [6.07, 6.45) is 4.09. The highest BCUT2D eigenvalue weighted by atomic mass is 35.5. The van der Waals surface area contributed by atoms with Gasteiger partial charge in [-0.1, -0.05) is 25.4 Å². The molecule has 0 unspecified atom stereocenters. The molecule has 0 atom stereocenters. The first-order chi connectivity index (χ1) is 12.6. The van der Waals surface area contributed by atoms with Gasteiger partial charge >= 0.3 is 0 Å². The largest absolute Gasteiger partial charge is 0.476 e. The molecule has 0 radical (unpaired) electrons. The number of pyridine rings is 1. The summed E-state index contributed by atoms with van der Waals surface area (Å²) in [5.41, 5.74) is 1.73. The first-order valence-corrected chi connectivity index (χ1v) is 9.21. The molecule has 1 fully saturated rings. The molecule has 1 N–H and O–H groups in total. The fraction of sp³-hybridized carbons (Fsp3) is 0.444. The number of nitrogens with one attached hydrogen (secondary N) is 1. The van der Waals surface area contributed by atoms with E-state index in [4.69, 9.17) is 16.3 Å². The molecule has 1 aliphatic rings. The standard InChI is InChI=1S/C18H21ClN6O/c1-11(2)10-26-18-14(19)7-12(9-21-18)8-20-15-5-6-16-22-23-17(13-3-4-13)25(16)24-15/h5-7,9,11,13H,3-4,8,10H2,1-2H3,(H,20,24).